The van der Waals surface area contributed by atoms with Crippen LogP contribution < -0.4 is 0 Å². The maximum atomic E-state index is 9.97. The summed E-state index contributed by atoms with van der Waals surface area (Å²) in [4.78, 5) is 4.63. The first-order valence-corrected chi connectivity index (χ1v) is 6.87. The van der Waals surface area contributed by atoms with Gasteiger partial charge in [0, 0.05) is 10.8 Å². The van der Waals surface area contributed by atoms with E-state index in [2.05, 4.69) is 18.8 Å². The number of phenolic OH excluding ortho intramolecular Hbond substituents is 2. The molecule has 3 nitrogen and oxygen atoms in total. The Bertz CT molecular complexity index is 792. The van der Waals surface area contributed by atoms with Gasteiger partial charge < -0.3 is 10.2 Å². The zero-order chi connectivity index (χ0) is 15.0. The lowest BCUT2D eigenvalue weighted by atomic mass is 9.81. The van der Waals surface area contributed by atoms with Crippen LogP contribution in [0.25, 0.3) is 10.9 Å². The van der Waals surface area contributed by atoms with E-state index in [0.717, 1.165) is 16.6 Å². The van der Waals surface area contributed by atoms with Crippen LogP contribution in [-0.4, -0.2) is 15.2 Å². The molecule has 1 heterocycles. The van der Waals surface area contributed by atoms with E-state index in [4.69, 9.17) is 0 Å². The van der Waals surface area contributed by atoms with Gasteiger partial charge in [0.05, 0.1) is 5.69 Å². The summed E-state index contributed by atoms with van der Waals surface area (Å²) < 4.78 is 0. The van der Waals surface area contributed by atoms with Gasteiger partial charge in [-0.1, -0.05) is 44.2 Å². The maximum Gasteiger partial charge on any atom is 0.141 e. The Morgan fingerprint density at radius 2 is 1.57 bits per heavy atom. The van der Waals surface area contributed by atoms with E-state index in [1.165, 1.54) is 0 Å². The Hall–Kier alpha value is -2.55. The third-order valence-electron chi connectivity index (χ3n) is 3.93. The van der Waals surface area contributed by atoms with Crippen LogP contribution >= 0.6 is 0 Å². The van der Waals surface area contributed by atoms with Crippen molar-refractivity contribution in [1.29, 1.82) is 0 Å². The van der Waals surface area contributed by atoms with E-state index in [1.807, 2.05) is 36.4 Å². The highest BCUT2D eigenvalue weighted by molar-refractivity contribution is 5.84. The lowest BCUT2D eigenvalue weighted by Gasteiger charge is -2.25. The summed E-state index contributed by atoms with van der Waals surface area (Å²) in [5.74, 6) is 0.439. The number of fused-ring (bicyclic) bond motifs is 1. The van der Waals surface area contributed by atoms with E-state index >= 15 is 0 Å². The molecule has 0 amide bonds. The minimum Gasteiger partial charge on any atom is -0.508 e. The molecular formula is C18H17NO2. The Kier molecular flexibility index (Phi) is 3.05. The predicted octanol–water partition coefficient (Wildman–Crippen LogP) is 3.97. The van der Waals surface area contributed by atoms with Gasteiger partial charge in [-0.2, -0.15) is 0 Å². The van der Waals surface area contributed by atoms with Crippen LogP contribution in [0.5, 0.6) is 11.5 Å². The van der Waals surface area contributed by atoms with Gasteiger partial charge in [-0.15, -0.1) is 0 Å². The molecule has 0 unspecified atom stereocenters. The quantitative estimate of drug-likeness (QED) is 0.746. The second-order valence-corrected chi connectivity index (χ2v) is 5.72. The molecule has 3 aromatic rings. The molecule has 2 aromatic carbocycles. The van der Waals surface area contributed by atoms with Crippen LogP contribution in [0.15, 0.2) is 54.6 Å². The highest BCUT2D eigenvalue weighted by Crippen LogP contribution is 2.33. The second-order valence-electron chi connectivity index (χ2n) is 5.72. The summed E-state index contributed by atoms with van der Waals surface area (Å²) in [5.41, 5.74) is 2.23. The highest BCUT2D eigenvalue weighted by Gasteiger charge is 2.25. The zero-order valence-corrected chi connectivity index (χ0v) is 12.0. The molecule has 0 saturated carbocycles. The molecule has 0 fully saturated rings. The van der Waals surface area contributed by atoms with Crippen molar-refractivity contribution in [3.63, 3.8) is 0 Å². The number of rotatable bonds is 2. The number of para-hydroxylation sites is 1. The summed E-state index contributed by atoms with van der Waals surface area (Å²) in [6.45, 7) is 4.15. The molecule has 0 aliphatic rings. The van der Waals surface area contributed by atoms with E-state index < -0.39 is 0 Å². The first kappa shape index (κ1) is 13.4. The molecule has 2 N–H and O–H groups in total. The Morgan fingerprint density at radius 1 is 0.857 bits per heavy atom. The number of hydrogen-bond acceptors (Lipinski definition) is 3. The van der Waals surface area contributed by atoms with Gasteiger partial charge in [-0.05, 0) is 29.8 Å². The van der Waals surface area contributed by atoms with Crippen molar-refractivity contribution in [1.82, 2.24) is 4.98 Å². The molecule has 0 aliphatic carbocycles. The SMILES string of the molecule is CC(C)(c1ccc(O)cc1)c1ccc2cccc(O)c2n1. The van der Waals surface area contributed by atoms with Crippen LogP contribution in [0.2, 0.25) is 0 Å². The minimum atomic E-state index is -0.315. The summed E-state index contributed by atoms with van der Waals surface area (Å²) in [7, 11) is 0. The van der Waals surface area contributed by atoms with Gasteiger partial charge in [0.15, 0.2) is 0 Å². The average molecular weight is 279 g/mol. The highest BCUT2D eigenvalue weighted by atomic mass is 16.3. The van der Waals surface area contributed by atoms with E-state index in [9.17, 15) is 10.2 Å². The number of benzene rings is 2. The van der Waals surface area contributed by atoms with Gasteiger partial charge >= 0.3 is 0 Å². The number of nitrogens with zero attached hydrogens (tertiary/aromatic N) is 1. The lowest BCUT2D eigenvalue weighted by Crippen LogP contribution is -2.20. The third kappa shape index (κ3) is 2.31. The Labute approximate surface area is 123 Å². The van der Waals surface area contributed by atoms with Crippen LogP contribution in [0, 0.1) is 0 Å². The van der Waals surface area contributed by atoms with Crippen LogP contribution in [-0.2, 0) is 5.41 Å². The minimum absolute atomic E-state index is 0.191. The molecule has 21 heavy (non-hydrogen) atoms. The zero-order valence-electron chi connectivity index (χ0n) is 12.0. The van der Waals surface area contributed by atoms with Gasteiger partial charge in [0.25, 0.3) is 0 Å². The average Bonchev–Trinajstić information content (AvgIpc) is 2.48. The van der Waals surface area contributed by atoms with Crippen molar-refractivity contribution >= 4 is 10.9 Å². The summed E-state index contributed by atoms with van der Waals surface area (Å²) in [5, 5.41) is 20.3. The van der Waals surface area contributed by atoms with E-state index in [1.54, 1.807) is 18.2 Å². The molecule has 3 rings (SSSR count). The third-order valence-corrected chi connectivity index (χ3v) is 3.93. The van der Waals surface area contributed by atoms with E-state index in [0.29, 0.717) is 5.52 Å². The van der Waals surface area contributed by atoms with Crippen molar-refractivity contribution in [2.75, 3.05) is 0 Å². The molecule has 0 spiro atoms. The number of aromatic hydroxyl groups is 2. The predicted molar refractivity (Wildman–Crippen MR) is 83.6 cm³/mol. The first-order chi connectivity index (χ1) is 9.98. The topological polar surface area (TPSA) is 53.4 Å². The first-order valence-electron chi connectivity index (χ1n) is 6.87. The lowest BCUT2D eigenvalue weighted by molar-refractivity contribution is 0.474. The van der Waals surface area contributed by atoms with Crippen molar-refractivity contribution in [3.8, 4) is 11.5 Å². The summed E-state index contributed by atoms with van der Waals surface area (Å²) >= 11 is 0. The van der Waals surface area contributed by atoms with Gasteiger partial charge in [-0.3, -0.25) is 0 Å². The molecule has 0 radical (unpaired) electrons. The van der Waals surface area contributed by atoms with Crippen LogP contribution in [0.4, 0.5) is 0 Å². The molecule has 0 aliphatic heterocycles. The smallest absolute Gasteiger partial charge is 0.141 e. The largest absolute Gasteiger partial charge is 0.508 e. The van der Waals surface area contributed by atoms with Crippen molar-refractivity contribution in [2.45, 2.75) is 19.3 Å². The second kappa shape index (κ2) is 4.77. The summed E-state index contributed by atoms with van der Waals surface area (Å²) in [6.07, 6.45) is 0. The van der Waals surface area contributed by atoms with E-state index in [-0.39, 0.29) is 16.9 Å². The van der Waals surface area contributed by atoms with Crippen molar-refractivity contribution in [3.05, 3.63) is 65.9 Å². The molecule has 0 atom stereocenters. The normalized spacial score (nSPS) is 11.7. The fraction of sp³-hybridized carbons (Fsp3) is 0.167. The van der Waals surface area contributed by atoms with Crippen LogP contribution in [0.1, 0.15) is 25.1 Å². The summed E-state index contributed by atoms with van der Waals surface area (Å²) in [6, 6.07) is 16.5. The Balaban J connectivity index is 2.14. The van der Waals surface area contributed by atoms with Crippen molar-refractivity contribution < 1.29 is 10.2 Å². The molecule has 1 aromatic heterocycles. The van der Waals surface area contributed by atoms with Gasteiger partial charge in [0.1, 0.15) is 17.0 Å². The monoisotopic (exact) mass is 279 g/mol. The van der Waals surface area contributed by atoms with Crippen molar-refractivity contribution in [2.24, 2.45) is 0 Å². The number of hydrogen-bond donors (Lipinski definition) is 2. The fourth-order valence-electron chi connectivity index (χ4n) is 2.51. The molecule has 106 valence electrons. The van der Waals surface area contributed by atoms with Crippen LogP contribution in [0.3, 0.4) is 0 Å². The molecular weight excluding hydrogens is 262 g/mol. The Morgan fingerprint density at radius 3 is 2.29 bits per heavy atom. The standard InChI is InChI=1S/C18H17NO2/c1-18(2,13-7-9-14(20)10-8-13)16-11-6-12-4-3-5-15(21)17(12)19-16/h3-11,20-21H,1-2H3. The number of pyridine rings is 1. The maximum absolute atomic E-state index is 9.97. The molecule has 0 bridgehead atoms. The van der Waals surface area contributed by atoms with Gasteiger partial charge in [0.2, 0.25) is 0 Å². The van der Waals surface area contributed by atoms with Gasteiger partial charge in [-0.25, -0.2) is 4.98 Å². The number of aromatic nitrogens is 1. The number of phenols is 2. The molecule has 3 heteroatoms. The fourth-order valence-corrected chi connectivity index (χ4v) is 2.51. The molecule has 0 saturated heterocycles.